The van der Waals surface area contributed by atoms with E-state index in [0.717, 1.165) is 10.4 Å². The van der Waals surface area contributed by atoms with Crippen LogP contribution in [0.15, 0.2) is 66.0 Å². The number of hydrogen-bond donors (Lipinski definition) is 1. The lowest BCUT2D eigenvalue weighted by atomic mass is 10.1. The molecule has 0 aliphatic rings. The minimum absolute atomic E-state index is 0.0262. The fourth-order valence-electron chi connectivity index (χ4n) is 2.24. The van der Waals surface area contributed by atoms with Gasteiger partial charge in [-0.05, 0) is 29.6 Å². The molecule has 3 rings (SSSR count). The number of carbonyl (C=O) groups is 1. The standard InChI is InChI=1S/C18H14N2O4S/c21-18(12-24-14-9-7-13(8-10-14)20(22)23)19-16-5-2-1-4-15(16)17-6-3-11-25-17/h1-11H,12H2,(H,19,21). The minimum atomic E-state index is -0.488. The van der Waals surface area contributed by atoms with Gasteiger partial charge in [0.25, 0.3) is 11.6 Å². The molecule has 0 radical (unpaired) electrons. The maximum atomic E-state index is 12.1. The van der Waals surface area contributed by atoms with Crippen molar-refractivity contribution in [3.05, 3.63) is 76.2 Å². The average molecular weight is 354 g/mol. The lowest BCUT2D eigenvalue weighted by Crippen LogP contribution is -2.20. The predicted octanol–water partition coefficient (Wildman–Crippen LogP) is 4.34. The van der Waals surface area contributed by atoms with E-state index in [0.29, 0.717) is 11.4 Å². The Balaban J connectivity index is 1.63. The molecule has 1 amide bonds. The highest BCUT2D eigenvalue weighted by Gasteiger charge is 2.10. The molecule has 0 aliphatic heterocycles. The van der Waals surface area contributed by atoms with E-state index in [-0.39, 0.29) is 18.2 Å². The van der Waals surface area contributed by atoms with Crippen molar-refractivity contribution in [2.45, 2.75) is 0 Å². The van der Waals surface area contributed by atoms with Gasteiger partial charge >= 0.3 is 0 Å². The zero-order valence-electron chi connectivity index (χ0n) is 13.0. The van der Waals surface area contributed by atoms with Gasteiger partial charge in [0.1, 0.15) is 5.75 Å². The summed E-state index contributed by atoms with van der Waals surface area (Å²) < 4.78 is 5.37. The van der Waals surface area contributed by atoms with Gasteiger partial charge in [0.15, 0.2) is 6.61 Å². The Labute approximate surface area is 147 Å². The van der Waals surface area contributed by atoms with Crippen molar-refractivity contribution in [3.63, 3.8) is 0 Å². The Bertz CT molecular complexity index is 876. The second-order valence-corrected chi connectivity index (χ2v) is 6.06. The normalized spacial score (nSPS) is 10.2. The molecule has 0 unspecified atom stereocenters. The van der Waals surface area contributed by atoms with Crippen LogP contribution in [0.1, 0.15) is 0 Å². The number of para-hydroxylation sites is 1. The molecule has 1 aromatic heterocycles. The minimum Gasteiger partial charge on any atom is -0.484 e. The maximum Gasteiger partial charge on any atom is 0.269 e. The van der Waals surface area contributed by atoms with E-state index in [1.54, 1.807) is 11.3 Å². The smallest absolute Gasteiger partial charge is 0.269 e. The zero-order valence-corrected chi connectivity index (χ0v) is 13.9. The number of carbonyl (C=O) groups excluding carboxylic acids is 1. The number of nitro groups is 1. The van der Waals surface area contributed by atoms with Gasteiger partial charge in [-0.1, -0.05) is 24.3 Å². The predicted molar refractivity (Wildman–Crippen MR) is 97.0 cm³/mol. The van der Waals surface area contributed by atoms with Crippen LogP contribution in [0, 0.1) is 10.1 Å². The maximum absolute atomic E-state index is 12.1. The summed E-state index contributed by atoms with van der Waals surface area (Å²) in [5, 5.41) is 15.4. The Morgan fingerprint density at radius 1 is 1.08 bits per heavy atom. The Morgan fingerprint density at radius 2 is 1.84 bits per heavy atom. The molecule has 2 aromatic carbocycles. The average Bonchev–Trinajstić information content (AvgIpc) is 3.15. The van der Waals surface area contributed by atoms with Crippen LogP contribution < -0.4 is 10.1 Å². The third kappa shape index (κ3) is 4.21. The molecule has 0 fully saturated rings. The quantitative estimate of drug-likeness (QED) is 0.527. The van der Waals surface area contributed by atoms with Crippen LogP contribution >= 0.6 is 11.3 Å². The van der Waals surface area contributed by atoms with Crippen LogP contribution in [0.25, 0.3) is 10.4 Å². The van der Waals surface area contributed by atoms with Crippen molar-refractivity contribution < 1.29 is 14.5 Å². The number of hydrogen-bond acceptors (Lipinski definition) is 5. The Morgan fingerprint density at radius 3 is 2.52 bits per heavy atom. The van der Waals surface area contributed by atoms with Crippen LogP contribution in [0.2, 0.25) is 0 Å². The molecule has 0 aliphatic carbocycles. The molecule has 0 atom stereocenters. The summed E-state index contributed by atoms with van der Waals surface area (Å²) in [4.78, 5) is 23.3. The van der Waals surface area contributed by atoms with Crippen molar-refractivity contribution in [1.29, 1.82) is 0 Å². The van der Waals surface area contributed by atoms with Crippen molar-refractivity contribution in [2.75, 3.05) is 11.9 Å². The largest absolute Gasteiger partial charge is 0.484 e. The van der Waals surface area contributed by atoms with Crippen LogP contribution in [0.3, 0.4) is 0 Å². The molecule has 25 heavy (non-hydrogen) atoms. The van der Waals surface area contributed by atoms with Gasteiger partial charge in [-0.2, -0.15) is 0 Å². The summed E-state index contributed by atoms with van der Waals surface area (Å²) in [6.45, 7) is -0.184. The summed E-state index contributed by atoms with van der Waals surface area (Å²) in [7, 11) is 0. The van der Waals surface area contributed by atoms with Crippen molar-refractivity contribution in [2.24, 2.45) is 0 Å². The number of nitrogens with one attached hydrogen (secondary N) is 1. The third-order valence-corrected chi connectivity index (χ3v) is 4.31. The highest BCUT2D eigenvalue weighted by molar-refractivity contribution is 7.13. The lowest BCUT2D eigenvalue weighted by molar-refractivity contribution is -0.384. The van der Waals surface area contributed by atoms with Gasteiger partial charge in [-0.3, -0.25) is 14.9 Å². The first-order valence-corrected chi connectivity index (χ1v) is 8.31. The van der Waals surface area contributed by atoms with Gasteiger partial charge in [0.2, 0.25) is 0 Å². The van der Waals surface area contributed by atoms with Crippen molar-refractivity contribution in [1.82, 2.24) is 0 Å². The first-order chi connectivity index (χ1) is 12.1. The molecule has 0 saturated carbocycles. The number of ether oxygens (including phenoxy) is 1. The van der Waals surface area contributed by atoms with Crippen LogP contribution in [-0.2, 0) is 4.79 Å². The van der Waals surface area contributed by atoms with E-state index in [1.165, 1.54) is 24.3 Å². The number of thiophene rings is 1. The molecule has 0 bridgehead atoms. The number of nitrogens with zero attached hydrogens (tertiary/aromatic N) is 1. The number of benzene rings is 2. The van der Waals surface area contributed by atoms with E-state index in [4.69, 9.17) is 4.74 Å². The Kier molecular flexibility index (Phi) is 5.06. The van der Waals surface area contributed by atoms with Gasteiger partial charge in [0.05, 0.1) is 4.92 Å². The molecule has 3 aromatic rings. The van der Waals surface area contributed by atoms with E-state index in [2.05, 4.69) is 5.32 Å². The number of rotatable bonds is 6. The molecular weight excluding hydrogens is 340 g/mol. The molecule has 1 N–H and O–H groups in total. The number of amides is 1. The zero-order chi connectivity index (χ0) is 17.6. The van der Waals surface area contributed by atoms with Crippen molar-refractivity contribution in [3.8, 4) is 16.2 Å². The van der Waals surface area contributed by atoms with E-state index in [1.807, 2.05) is 41.8 Å². The van der Waals surface area contributed by atoms with Gasteiger partial charge in [-0.25, -0.2) is 0 Å². The first kappa shape index (κ1) is 16.7. The molecule has 1 heterocycles. The summed E-state index contributed by atoms with van der Waals surface area (Å²) in [6, 6.07) is 17.1. The lowest BCUT2D eigenvalue weighted by Gasteiger charge is -2.10. The van der Waals surface area contributed by atoms with Gasteiger partial charge in [0, 0.05) is 28.3 Å². The number of non-ortho nitro benzene ring substituents is 1. The topological polar surface area (TPSA) is 81.5 Å². The molecule has 6 nitrogen and oxygen atoms in total. The molecule has 126 valence electrons. The van der Waals surface area contributed by atoms with Gasteiger partial charge < -0.3 is 10.1 Å². The van der Waals surface area contributed by atoms with E-state index < -0.39 is 4.92 Å². The summed E-state index contributed by atoms with van der Waals surface area (Å²) in [5.41, 5.74) is 1.63. The summed E-state index contributed by atoms with van der Waals surface area (Å²) in [5.74, 6) is 0.0923. The number of nitro benzene ring substituents is 1. The Hall–Kier alpha value is -3.19. The second kappa shape index (κ2) is 7.59. The summed E-state index contributed by atoms with van der Waals surface area (Å²) in [6.07, 6.45) is 0. The van der Waals surface area contributed by atoms with Gasteiger partial charge in [-0.15, -0.1) is 11.3 Å². The van der Waals surface area contributed by atoms with E-state index >= 15 is 0 Å². The SMILES string of the molecule is O=C(COc1ccc([N+](=O)[O-])cc1)Nc1ccccc1-c1cccs1. The fourth-order valence-corrected chi connectivity index (χ4v) is 3.00. The highest BCUT2D eigenvalue weighted by Crippen LogP contribution is 2.31. The molecule has 0 saturated heterocycles. The third-order valence-electron chi connectivity index (χ3n) is 3.41. The van der Waals surface area contributed by atoms with Crippen molar-refractivity contribution >= 4 is 28.6 Å². The van der Waals surface area contributed by atoms with Crippen LogP contribution in [0.4, 0.5) is 11.4 Å². The van der Waals surface area contributed by atoms with Crippen LogP contribution in [0.5, 0.6) is 5.75 Å². The number of anilines is 1. The molecular formula is C18H14N2O4S. The molecule has 0 spiro atoms. The summed E-state index contributed by atoms with van der Waals surface area (Å²) >= 11 is 1.59. The fraction of sp³-hybridized carbons (Fsp3) is 0.0556. The van der Waals surface area contributed by atoms with Crippen LogP contribution in [-0.4, -0.2) is 17.4 Å². The highest BCUT2D eigenvalue weighted by atomic mass is 32.1. The first-order valence-electron chi connectivity index (χ1n) is 7.43. The monoisotopic (exact) mass is 354 g/mol. The second-order valence-electron chi connectivity index (χ2n) is 5.11. The molecule has 7 heteroatoms. The van der Waals surface area contributed by atoms with E-state index in [9.17, 15) is 14.9 Å².